The van der Waals surface area contributed by atoms with Crippen molar-refractivity contribution in [1.82, 2.24) is 24.7 Å². The van der Waals surface area contributed by atoms with Crippen molar-refractivity contribution in [3.8, 4) is 0 Å². The number of H-pyrrole nitrogens is 1. The summed E-state index contributed by atoms with van der Waals surface area (Å²) in [6, 6.07) is 10.8. The molecular weight excluding hydrogens is 320 g/mol. The van der Waals surface area contributed by atoms with E-state index in [4.69, 9.17) is 5.73 Å². The number of aromatic nitrogens is 4. The molecule has 4 N–H and O–H groups in total. The molecule has 4 rings (SSSR count). The summed E-state index contributed by atoms with van der Waals surface area (Å²) in [5.41, 5.74) is 7.70. The Bertz CT molecular complexity index is 1130. The van der Waals surface area contributed by atoms with E-state index in [0.717, 1.165) is 11.0 Å². The number of hydrogen-bond donors (Lipinski definition) is 3. The number of nitrogens with two attached hydrogens (primary N) is 1. The fraction of sp³-hybridized carbons (Fsp3) is 0.0588. The largest absolute Gasteiger partial charge is 0.393 e. The molecule has 1 aromatic carbocycles. The molecule has 0 bridgehead atoms. The van der Waals surface area contributed by atoms with Gasteiger partial charge in [-0.05, 0) is 24.3 Å². The minimum atomic E-state index is -0.406. The van der Waals surface area contributed by atoms with E-state index in [0.29, 0.717) is 17.0 Å². The molecule has 3 aromatic heterocycles. The van der Waals surface area contributed by atoms with Crippen LogP contribution in [0, 0.1) is 0 Å². The zero-order chi connectivity index (χ0) is 17.4. The fourth-order valence-corrected chi connectivity index (χ4v) is 2.58. The van der Waals surface area contributed by atoms with E-state index >= 15 is 0 Å². The lowest BCUT2D eigenvalue weighted by molar-refractivity contribution is 0.0949. The number of imidazole rings is 1. The van der Waals surface area contributed by atoms with E-state index in [9.17, 15) is 9.59 Å². The third kappa shape index (κ3) is 2.69. The number of aromatic amines is 1. The average Bonchev–Trinajstić information content (AvgIpc) is 3.05. The maximum Gasteiger partial charge on any atom is 0.281 e. The van der Waals surface area contributed by atoms with Crippen molar-refractivity contribution < 1.29 is 4.79 Å². The highest BCUT2D eigenvalue weighted by Crippen LogP contribution is 2.10. The lowest BCUT2D eigenvalue weighted by Crippen LogP contribution is -2.25. The minimum Gasteiger partial charge on any atom is -0.393 e. The summed E-state index contributed by atoms with van der Waals surface area (Å²) in [4.78, 5) is 36.0. The van der Waals surface area contributed by atoms with Gasteiger partial charge in [0.25, 0.3) is 11.5 Å². The van der Waals surface area contributed by atoms with Crippen LogP contribution in [0.3, 0.4) is 0 Å². The van der Waals surface area contributed by atoms with Crippen LogP contribution in [-0.2, 0) is 6.54 Å². The Morgan fingerprint density at radius 1 is 1.24 bits per heavy atom. The number of carbonyl (C=O) groups is 1. The fourth-order valence-electron chi connectivity index (χ4n) is 2.58. The molecule has 1 amide bonds. The van der Waals surface area contributed by atoms with Gasteiger partial charge in [-0.25, -0.2) is 9.97 Å². The van der Waals surface area contributed by atoms with Gasteiger partial charge in [0.1, 0.15) is 17.2 Å². The van der Waals surface area contributed by atoms with Crippen LogP contribution in [0.5, 0.6) is 0 Å². The van der Waals surface area contributed by atoms with Crippen molar-refractivity contribution >= 4 is 28.3 Å². The van der Waals surface area contributed by atoms with Gasteiger partial charge in [0.2, 0.25) is 0 Å². The number of nitrogen functional groups attached to an aromatic ring is 1. The number of nitrogens with one attached hydrogen (secondary N) is 2. The standard InChI is InChI=1S/C17H14N6O2/c18-11-7-19-15-6-5-10(9-23(15)17(11)25)16(24)20-8-14-21-12-3-1-2-4-13(12)22-14/h1-7,9H,8,18H2,(H,20,24)(H,21,22). The number of hydrogen-bond acceptors (Lipinski definition) is 5. The molecule has 0 aliphatic rings. The molecule has 25 heavy (non-hydrogen) atoms. The molecule has 0 aliphatic carbocycles. The second-order valence-corrected chi connectivity index (χ2v) is 5.55. The number of para-hydroxylation sites is 2. The van der Waals surface area contributed by atoms with Crippen molar-refractivity contribution in [2.45, 2.75) is 6.54 Å². The number of fused-ring (bicyclic) bond motifs is 2. The van der Waals surface area contributed by atoms with Crippen LogP contribution in [0.1, 0.15) is 16.2 Å². The number of rotatable bonds is 3. The van der Waals surface area contributed by atoms with Crippen LogP contribution in [0.15, 0.2) is 53.6 Å². The highest BCUT2D eigenvalue weighted by atomic mass is 16.1. The molecule has 0 atom stereocenters. The second kappa shape index (κ2) is 5.75. The molecule has 0 saturated heterocycles. The zero-order valence-electron chi connectivity index (χ0n) is 13.1. The van der Waals surface area contributed by atoms with Crippen molar-refractivity contribution in [3.63, 3.8) is 0 Å². The van der Waals surface area contributed by atoms with Crippen molar-refractivity contribution in [2.24, 2.45) is 0 Å². The van der Waals surface area contributed by atoms with E-state index in [2.05, 4.69) is 20.3 Å². The number of nitrogens with zero attached hydrogens (tertiary/aromatic N) is 3. The molecule has 0 radical (unpaired) electrons. The first-order chi connectivity index (χ1) is 12.1. The summed E-state index contributed by atoms with van der Waals surface area (Å²) < 4.78 is 1.26. The maximum atomic E-state index is 12.4. The van der Waals surface area contributed by atoms with Crippen molar-refractivity contribution in [1.29, 1.82) is 0 Å². The predicted octanol–water partition coefficient (Wildman–Crippen LogP) is 1.08. The zero-order valence-corrected chi connectivity index (χ0v) is 13.1. The van der Waals surface area contributed by atoms with Crippen molar-refractivity contribution in [3.05, 3.63) is 70.5 Å². The summed E-state index contributed by atoms with van der Waals surface area (Å²) in [6.45, 7) is 0.246. The van der Waals surface area contributed by atoms with Crippen molar-refractivity contribution in [2.75, 3.05) is 5.73 Å². The van der Waals surface area contributed by atoms with Crippen LogP contribution in [0.4, 0.5) is 5.69 Å². The van der Waals surface area contributed by atoms with Crippen LogP contribution in [0.2, 0.25) is 0 Å². The first kappa shape index (κ1) is 14.9. The molecule has 3 heterocycles. The molecule has 0 unspecified atom stereocenters. The summed E-state index contributed by atoms with van der Waals surface area (Å²) in [5.74, 6) is 0.329. The predicted molar refractivity (Wildman–Crippen MR) is 93.1 cm³/mol. The quantitative estimate of drug-likeness (QED) is 0.518. The van der Waals surface area contributed by atoms with E-state index in [1.165, 1.54) is 16.8 Å². The Hall–Kier alpha value is -3.68. The topological polar surface area (TPSA) is 118 Å². The van der Waals surface area contributed by atoms with Gasteiger partial charge in [0.05, 0.1) is 29.3 Å². The molecule has 0 spiro atoms. The van der Waals surface area contributed by atoms with E-state index in [-0.39, 0.29) is 18.1 Å². The van der Waals surface area contributed by atoms with E-state index < -0.39 is 5.56 Å². The monoisotopic (exact) mass is 334 g/mol. The highest BCUT2D eigenvalue weighted by Gasteiger charge is 2.10. The summed E-state index contributed by atoms with van der Waals surface area (Å²) >= 11 is 0. The SMILES string of the molecule is Nc1cnc2ccc(C(=O)NCc3nc4ccccc4[nH]3)cn2c1=O. The average molecular weight is 334 g/mol. The Balaban J connectivity index is 1.57. The highest BCUT2D eigenvalue weighted by molar-refractivity contribution is 5.94. The molecule has 0 fully saturated rings. The van der Waals surface area contributed by atoms with Crippen LogP contribution in [0.25, 0.3) is 16.7 Å². The van der Waals surface area contributed by atoms with Gasteiger partial charge in [-0.1, -0.05) is 12.1 Å². The molecule has 124 valence electrons. The van der Waals surface area contributed by atoms with Crippen LogP contribution in [-0.4, -0.2) is 25.3 Å². The van der Waals surface area contributed by atoms with Crippen LogP contribution >= 0.6 is 0 Å². The smallest absolute Gasteiger partial charge is 0.281 e. The minimum absolute atomic E-state index is 0.0253. The number of amides is 1. The lowest BCUT2D eigenvalue weighted by Gasteiger charge is -2.06. The Morgan fingerprint density at radius 3 is 2.92 bits per heavy atom. The Labute approximate surface area is 141 Å². The third-order valence-electron chi connectivity index (χ3n) is 3.85. The molecule has 4 aromatic rings. The van der Waals surface area contributed by atoms with Gasteiger partial charge in [0, 0.05) is 6.20 Å². The van der Waals surface area contributed by atoms with E-state index in [1.54, 1.807) is 12.1 Å². The number of pyridine rings is 1. The molecule has 8 nitrogen and oxygen atoms in total. The first-order valence-electron chi connectivity index (χ1n) is 7.60. The Kier molecular flexibility index (Phi) is 3.42. The Morgan fingerprint density at radius 2 is 2.08 bits per heavy atom. The van der Waals surface area contributed by atoms with Gasteiger partial charge in [-0.3, -0.25) is 14.0 Å². The first-order valence-corrected chi connectivity index (χ1v) is 7.60. The van der Waals surface area contributed by atoms with Gasteiger partial charge in [-0.2, -0.15) is 0 Å². The third-order valence-corrected chi connectivity index (χ3v) is 3.85. The van der Waals surface area contributed by atoms with E-state index in [1.807, 2.05) is 24.3 Å². The number of anilines is 1. The van der Waals surface area contributed by atoms with Crippen LogP contribution < -0.4 is 16.6 Å². The molecule has 8 heteroatoms. The molecular formula is C17H14N6O2. The maximum absolute atomic E-state index is 12.4. The normalized spacial score (nSPS) is 11.0. The molecule has 0 aliphatic heterocycles. The lowest BCUT2D eigenvalue weighted by atomic mass is 10.2. The summed E-state index contributed by atoms with van der Waals surface area (Å²) in [7, 11) is 0. The number of carbonyl (C=O) groups excluding carboxylic acids is 1. The second-order valence-electron chi connectivity index (χ2n) is 5.55. The summed E-state index contributed by atoms with van der Waals surface area (Å²) in [6.07, 6.45) is 2.73. The van der Waals surface area contributed by atoms with Gasteiger partial charge in [-0.15, -0.1) is 0 Å². The summed E-state index contributed by atoms with van der Waals surface area (Å²) in [5, 5.41) is 2.78. The van der Waals surface area contributed by atoms with Gasteiger partial charge in [0.15, 0.2) is 0 Å². The number of benzene rings is 1. The van der Waals surface area contributed by atoms with Gasteiger partial charge >= 0.3 is 0 Å². The van der Waals surface area contributed by atoms with Gasteiger partial charge < -0.3 is 16.0 Å². The molecule has 0 saturated carbocycles.